The van der Waals surface area contributed by atoms with E-state index < -0.39 is 5.91 Å². The van der Waals surface area contributed by atoms with Gasteiger partial charge in [-0.3, -0.25) is 9.59 Å². The lowest BCUT2D eigenvalue weighted by molar-refractivity contribution is 0.0825. The molecule has 1 aliphatic carbocycles. The van der Waals surface area contributed by atoms with Crippen LogP contribution in [0.25, 0.3) is 33.3 Å². The fourth-order valence-electron chi connectivity index (χ4n) is 3.69. The maximum atomic E-state index is 13.1. The predicted molar refractivity (Wildman–Crippen MR) is 116 cm³/mol. The van der Waals surface area contributed by atoms with Gasteiger partial charge in [0.1, 0.15) is 16.8 Å². The topological polar surface area (TPSA) is 66.7 Å². The lowest BCUT2D eigenvalue weighted by Gasteiger charge is -2.21. The minimum atomic E-state index is -0.393. The molecule has 29 heavy (non-hydrogen) atoms. The number of fused-ring (bicyclic) bond motifs is 4. The van der Waals surface area contributed by atoms with Crippen molar-refractivity contribution in [3.8, 4) is 11.5 Å². The van der Waals surface area contributed by atoms with Gasteiger partial charge in [0.15, 0.2) is 11.3 Å². The molecule has 1 amide bonds. The molecule has 1 heterocycles. The van der Waals surface area contributed by atoms with Gasteiger partial charge in [0.05, 0.1) is 0 Å². The Kier molecular flexibility index (Phi) is 4.70. The number of amides is 1. The summed E-state index contributed by atoms with van der Waals surface area (Å²) in [4.78, 5) is 34.4. The first kappa shape index (κ1) is 18.9. The number of carbonyl (C=O) groups is 1. The highest BCUT2D eigenvalue weighted by molar-refractivity contribution is 6.08. The molecule has 0 unspecified atom stereocenters. The van der Waals surface area contributed by atoms with Gasteiger partial charge in [0.25, 0.3) is 5.91 Å². The lowest BCUT2D eigenvalue weighted by Crippen LogP contribution is -2.29. The maximum Gasteiger partial charge on any atom is 0.261 e. The average molecular weight is 389 g/mol. The minimum Gasteiger partial charge on any atom is -0.452 e. The SMILES string of the molecule is CCN(CC)c1ccc2nc3c4ccccc4c(=O)c(C(=O)N(C)C)c-3oc2c1. The van der Waals surface area contributed by atoms with E-state index in [0.717, 1.165) is 18.8 Å². The summed E-state index contributed by atoms with van der Waals surface area (Å²) in [5, 5.41) is 1.15. The van der Waals surface area contributed by atoms with Crippen LogP contribution in [-0.4, -0.2) is 43.0 Å². The summed E-state index contributed by atoms with van der Waals surface area (Å²) in [6.07, 6.45) is 0. The van der Waals surface area contributed by atoms with Crippen LogP contribution < -0.4 is 10.3 Å². The zero-order chi connectivity index (χ0) is 20.7. The van der Waals surface area contributed by atoms with Crippen molar-refractivity contribution in [3.63, 3.8) is 0 Å². The van der Waals surface area contributed by atoms with Crippen LogP contribution in [0.5, 0.6) is 0 Å². The Labute approximate surface area is 168 Å². The monoisotopic (exact) mass is 389 g/mol. The van der Waals surface area contributed by atoms with Crippen LogP contribution in [0.15, 0.2) is 51.7 Å². The van der Waals surface area contributed by atoms with Gasteiger partial charge in [-0.15, -0.1) is 0 Å². The quantitative estimate of drug-likeness (QED) is 0.390. The number of carbonyl (C=O) groups excluding carboxylic acids is 1. The molecular formula is C23H23N3O3. The van der Waals surface area contributed by atoms with E-state index in [9.17, 15) is 9.59 Å². The van der Waals surface area contributed by atoms with Crippen LogP contribution in [0, 0.1) is 0 Å². The third kappa shape index (κ3) is 3.01. The first-order valence-corrected chi connectivity index (χ1v) is 9.72. The van der Waals surface area contributed by atoms with E-state index in [0.29, 0.717) is 27.6 Å². The molecule has 0 fully saturated rings. The van der Waals surface area contributed by atoms with Gasteiger partial charge in [0.2, 0.25) is 5.43 Å². The molecule has 2 aliphatic rings. The van der Waals surface area contributed by atoms with Crippen molar-refractivity contribution in [2.45, 2.75) is 13.8 Å². The van der Waals surface area contributed by atoms with Crippen LogP contribution >= 0.6 is 0 Å². The van der Waals surface area contributed by atoms with Crippen molar-refractivity contribution in [3.05, 3.63) is 58.3 Å². The van der Waals surface area contributed by atoms with Gasteiger partial charge in [0, 0.05) is 49.7 Å². The summed E-state index contributed by atoms with van der Waals surface area (Å²) in [5.74, 6) is -0.160. The van der Waals surface area contributed by atoms with E-state index in [1.807, 2.05) is 30.3 Å². The number of aromatic nitrogens is 1. The third-order valence-electron chi connectivity index (χ3n) is 5.23. The van der Waals surface area contributed by atoms with Gasteiger partial charge in [-0.2, -0.15) is 0 Å². The molecule has 6 nitrogen and oxygen atoms in total. The first-order chi connectivity index (χ1) is 14.0. The Morgan fingerprint density at radius 3 is 2.38 bits per heavy atom. The highest BCUT2D eigenvalue weighted by Crippen LogP contribution is 2.34. The molecule has 0 atom stereocenters. The summed E-state index contributed by atoms with van der Waals surface area (Å²) in [6, 6.07) is 13.0. The van der Waals surface area contributed by atoms with Crippen LogP contribution in [-0.2, 0) is 0 Å². The van der Waals surface area contributed by atoms with Gasteiger partial charge >= 0.3 is 0 Å². The third-order valence-corrected chi connectivity index (χ3v) is 5.23. The molecule has 1 aliphatic heterocycles. The summed E-state index contributed by atoms with van der Waals surface area (Å²) in [7, 11) is 3.24. The number of nitrogens with zero attached hydrogens (tertiary/aromatic N) is 3. The van der Waals surface area contributed by atoms with E-state index in [2.05, 4.69) is 18.7 Å². The Morgan fingerprint density at radius 2 is 1.72 bits per heavy atom. The molecule has 0 saturated carbocycles. The van der Waals surface area contributed by atoms with Crippen LogP contribution in [0.4, 0.5) is 5.69 Å². The average Bonchev–Trinajstić information content (AvgIpc) is 2.73. The van der Waals surface area contributed by atoms with Crippen LogP contribution in [0.2, 0.25) is 0 Å². The molecule has 2 aromatic rings. The van der Waals surface area contributed by atoms with Crippen molar-refractivity contribution < 1.29 is 9.21 Å². The zero-order valence-corrected chi connectivity index (χ0v) is 17.0. The molecule has 0 bridgehead atoms. The molecule has 0 aromatic heterocycles. The molecule has 4 rings (SSSR count). The molecule has 148 valence electrons. The molecule has 0 spiro atoms. The van der Waals surface area contributed by atoms with Crippen molar-refractivity contribution in [1.29, 1.82) is 0 Å². The van der Waals surface area contributed by atoms with E-state index in [-0.39, 0.29) is 16.8 Å². The maximum absolute atomic E-state index is 13.1. The van der Waals surface area contributed by atoms with Crippen LogP contribution in [0.3, 0.4) is 0 Å². The summed E-state index contributed by atoms with van der Waals surface area (Å²) in [5.41, 5.74) is 2.44. The second-order valence-corrected chi connectivity index (χ2v) is 7.17. The number of rotatable bonds is 4. The Morgan fingerprint density at radius 1 is 1.03 bits per heavy atom. The fraction of sp³-hybridized carbons (Fsp3) is 0.261. The number of hydrogen-bond donors (Lipinski definition) is 0. The molecule has 0 radical (unpaired) electrons. The normalized spacial score (nSPS) is 11.3. The summed E-state index contributed by atoms with van der Waals surface area (Å²) < 4.78 is 6.18. The van der Waals surface area contributed by atoms with Gasteiger partial charge in [-0.1, -0.05) is 24.3 Å². The number of hydrogen-bond acceptors (Lipinski definition) is 5. The molecular weight excluding hydrogens is 366 g/mol. The van der Waals surface area contributed by atoms with E-state index in [4.69, 9.17) is 9.40 Å². The Hall–Kier alpha value is -3.41. The molecule has 0 saturated heterocycles. The molecule has 0 N–H and O–H groups in total. The number of benzene rings is 3. The van der Waals surface area contributed by atoms with E-state index in [1.165, 1.54) is 4.90 Å². The highest BCUT2D eigenvalue weighted by Gasteiger charge is 2.27. The lowest BCUT2D eigenvalue weighted by atomic mass is 9.98. The van der Waals surface area contributed by atoms with Crippen molar-refractivity contribution >= 4 is 33.5 Å². The minimum absolute atomic E-state index is 0.0198. The Balaban J connectivity index is 2.12. The fourth-order valence-corrected chi connectivity index (χ4v) is 3.69. The van der Waals surface area contributed by atoms with Gasteiger partial charge < -0.3 is 14.2 Å². The second-order valence-electron chi connectivity index (χ2n) is 7.17. The van der Waals surface area contributed by atoms with E-state index >= 15 is 0 Å². The Bertz CT molecular complexity index is 1260. The number of anilines is 1. The van der Waals surface area contributed by atoms with Crippen LogP contribution in [0.1, 0.15) is 24.2 Å². The van der Waals surface area contributed by atoms with Crippen molar-refractivity contribution in [2.24, 2.45) is 0 Å². The molecule has 2 aromatic carbocycles. The van der Waals surface area contributed by atoms with Crippen molar-refractivity contribution in [1.82, 2.24) is 9.88 Å². The highest BCUT2D eigenvalue weighted by atomic mass is 16.3. The smallest absolute Gasteiger partial charge is 0.261 e. The second kappa shape index (κ2) is 7.20. The predicted octanol–water partition coefficient (Wildman–Crippen LogP) is 3.99. The first-order valence-electron chi connectivity index (χ1n) is 9.72. The largest absolute Gasteiger partial charge is 0.452 e. The van der Waals surface area contributed by atoms with Gasteiger partial charge in [-0.05, 0) is 26.0 Å². The zero-order valence-electron chi connectivity index (χ0n) is 17.0. The summed E-state index contributed by atoms with van der Waals surface area (Å²) in [6.45, 7) is 5.91. The van der Waals surface area contributed by atoms with Gasteiger partial charge in [-0.25, -0.2) is 4.98 Å². The summed E-state index contributed by atoms with van der Waals surface area (Å²) >= 11 is 0. The van der Waals surface area contributed by atoms with E-state index in [1.54, 1.807) is 26.2 Å². The molecule has 6 heteroatoms. The van der Waals surface area contributed by atoms with Crippen molar-refractivity contribution in [2.75, 3.05) is 32.1 Å². The standard InChI is InChI=1S/C23H23N3O3/c1-5-26(6-2)14-11-12-17-18(13-14)29-22-19(23(28)25(3)4)21(27)16-10-8-7-9-15(16)20(22)24-17/h7-13H,5-6H2,1-4H3.